The number of nitrogens with two attached hydrogens (primary N) is 1. The van der Waals surface area contributed by atoms with Crippen molar-refractivity contribution in [2.45, 2.75) is 12.5 Å². The zero-order chi connectivity index (χ0) is 14.8. The van der Waals surface area contributed by atoms with Crippen molar-refractivity contribution in [3.63, 3.8) is 0 Å². The van der Waals surface area contributed by atoms with E-state index in [1.807, 2.05) is 30.3 Å². The van der Waals surface area contributed by atoms with Crippen LogP contribution in [0.15, 0.2) is 42.5 Å². The van der Waals surface area contributed by atoms with Gasteiger partial charge in [0, 0.05) is 24.8 Å². The Balaban J connectivity index is 1.74. The van der Waals surface area contributed by atoms with Gasteiger partial charge >= 0.3 is 0 Å². The summed E-state index contributed by atoms with van der Waals surface area (Å²) in [5, 5.41) is 0. The first-order valence-corrected chi connectivity index (χ1v) is 7.10. The molecule has 3 rings (SSSR count). The third kappa shape index (κ3) is 2.85. The van der Waals surface area contributed by atoms with Gasteiger partial charge in [-0.2, -0.15) is 0 Å². The van der Waals surface area contributed by atoms with Crippen molar-refractivity contribution in [3.05, 3.63) is 59.4 Å². The molecular weight excluding hydrogens is 267 g/mol. The summed E-state index contributed by atoms with van der Waals surface area (Å²) in [6.07, 6.45) is 0.949. The van der Waals surface area contributed by atoms with E-state index in [4.69, 9.17) is 10.5 Å². The fourth-order valence-electron chi connectivity index (χ4n) is 2.80. The first-order valence-electron chi connectivity index (χ1n) is 7.10. The molecule has 0 spiro atoms. The number of methoxy groups -OCH3 is 1. The van der Waals surface area contributed by atoms with Gasteiger partial charge in [-0.3, -0.25) is 0 Å². The number of nitrogens with zero attached hydrogens (tertiary/aromatic N) is 1. The summed E-state index contributed by atoms with van der Waals surface area (Å²) in [5.41, 5.74) is 9.51. The average Bonchev–Trinajstić information content (AvgIpc) is 2.89. The van der Waals surface area contributed by atoms with Crippen LogP contribution in [0.3, 0.4) is 0 Å². The number of ether oxygens (including phenoxy) is 1. The fraction of sp³-hybridized carbons (Fsp3) is 0.294. The highest BCUT2D eigenvalue weighted by Crippen LogP contribution is 2.30. The number of hydrogen-bond acceptors (Lipinski definition) is 3. The number of anilines is 1. The molecule has 2 aromatic carbocycles. The first kappa shape index (κ1) is 13.9. The van der Waals surface area contributed by atoms with Crippen LogP contribution in [0.4, 0.5) is 10.1 Å². The molecule has 1 aliphatic heterocycles. The maximum atomic E-state index is 13.4. The van der Waals surface area contributed by atoms with Crippen LogP contribution in [-0.2, 0) is 6.42 Å². The molecule has 3 nitrogen and oxygen atoms in total. The molecule has 1 unspecified atom stereocenters. The van der Waals surface area contributed by atoms with Crippen LogP contribution in [0, 0.1) is 5.82 Å². The molecule has 4 heteroatoms. The van der Waals surface area contributed by atoms with Crippen LogP contribution in [0.25, 0.3) is 0 Å². The van der Waals surface area contributed by atoms with Crippen molar-refractivity contribution in [2.75, 3.05) is 25.1 Å². The average molecular weight is 286 g/mol. The molecule has 1 aliphatic rings. The molecule has 0 aromatic heterocycles. The molecule has 0 saturated heterocycles. The second-order valence-electron chi connectivity index (χ2n) is 5.35. The second kappa shape index (κ2) is 5.74. The topological polar surface area (TPSA) is 38.5 Å². The number of halogens is 1. The Hall–Kier alpha value is -2.07. The van der Waals surface area contributed by atoms with Crippen molar-refractivity contribution in [2.24, 2.45) is 5.73 Å². The van der Waals surface area contributed by atoms with Crippen molar-refractivity contribution < 1.29 is 9.13 Å². The minimum absolute atomic E-state index is 0.106. The van der Waals surface area contributed by atoms with Crippen LogP contribution in [-0.4, -0.2) is 20.2 Å². The third-order valence-corrected chi connectivity index (χ3v) is 4.00. The molecule has 110 valence electrons. The highest BCUT2D eigenvalue weighted by Gasteiger charge is 2.21. The largest absolute Gasteiger partial charge is 0.497 e. The van der Waals surface area contributed by atoms with Gasteiger partial charge in [-0.1, -0.05) is 18.2 Å². The summed E-state index contributed by atoms with van der Waals surface area (Å²) < 4.78 is 18.6. The van der Waals surface area contributed by atoms with E-state index in [1.54, 1.807) is 13.2 Å². The summed E-state index contributed by atoms with van der Waals surface area (Å²) in [4.78, 5) is 2.16. The molecule has 1 heterocycles. The molecule has 0 saturated carbocycles. The van der Waals surface area contributed by atoms with Gasteiger partial charge < -0.3 is 15.4 Å². The van der Waals surface area contributed by atoms with E-state index in [0.717, 1.165) is 30.0 Å². The van der Waals surface area contributed by atoms with E-state index >= 15 is 0 Å². The van der Waals surface area contributed by atoms with Gasteiger partial charge in [0.25, 0.3) is 0 Å². The summed E-state index contributed by atoms with van der Waals surface area (Å²) in [7, 11) is 1.64. The van der Waals surface area contributed by atoms with E-state index in [0.29, 0.717) is 6.54 Å². The van der Waals surface area contributed by atoms with E-state index < -0.39 is 0 Å². The van der Waals surface area contributed by atoms with Crippen molar-refractivity contribution in [3.8, 4) is 5.75 Å². The molecule has 0 fully saturated rings. The first-order chi connectivity index (χ1) is 10.2. The van der Waals surface area contributed by atoms with Gasteiger partial charge in [0.15, 0.2) is 0 Å². The minimum Gasteiger partial charge on any atom is -0.497 e. The van der Waals surface area contributed by atoms with Crippen LogP contribution >= 0.6 is 0 Å². The third-order valence-electron chi connectivity index (χ3n) is 4.00. The Labute approximate surface area is 124 Å². The van der Waals surface area contributed by atoms with Gasteiger partial charge in [-0.05, 0) is 41.8 Å². The van der Waals surface area contributed by atoms with E-state index in [9.17, 15) is 4.39 Å². The predicted octanol–water partition coefficient (Wildman–Crippen LogP) is 2.90. The molecule has 0 radical (unpaired) electrons. The smallest absolute Gasteiger partial charge is 0.125 e. The molecule has 0 bridgehead atoms. The van der Waals surface area contributed by atoms with E-state index in [-0.39, 0.29) is 11.9 Å². The van der Waals surface area contributed by atoms with Gasteiger partial charge in [0.2, 0.25) is 0 Å². The Kier molecular flexibility index (Phi) is 3.80. The minimum atomic E-state index is -0.196. The normalized spacial score (nSPS) is 14.9. The lowest BCUT2D eigenvalue weighted by Crippen LogP contribution is -2.30. The van der Waals surface area contributed by atoms with Gasteiger partial charge in [0.1, 0.15) is 11.6 Å². The highest BCUT2D eigenvalue weighted by atomic mass is 19.1. The van der Waals surface area contributed by atoms with Gasteiger partial charge in [-0.25, -0.2) is 4.39 Å². The van der Waals surface area contributed by atoms with Crippen LogP contribution < -0.4 is 15.4 Å². The molecule has 1 atom stereocenters. The van der Waals surface area contributed by atoms with Crippen molar-refractivity contribution in [1.82, 2.24) is 0 Å². The number of fused-ring (bicyclic) bond motifs is 1. The standard InChI is InChI=1S/C17H19FN2O/c1-21-15-6-3-12(4-7-15)16(19)11-20-9-8-13-2-5-14(18)10-17(13)20/h2-7,10,16H,8-9,11,19H2,1H3. The Morgan fingerprint density at radius 2 is 2.00 bits per heavy atom. The van der Waals surface area contributed by atoms with Crippen LogP contribution in [0.5, 0.6) is 5.75 Å². The summed E-state index contributed by atoms with van der Waals surface area (Å²) in [5.74, 6) is 0.623. The zero-order valence-electron chi connectivity index (χ0n) is 12.1. The quantitative estimate of drug-likeness (QED) is 0.939. The monoisotopic (exact) mass is 286 g/mol. The molecule has 0 aliphatic carbocycles. The maximum Gasteiger partial charge on any atom is 0.125 e. The lowest BCUT2D eigenvalue weighted by Gasteiger charge is -2.24. The summed E-state index contributed by atoms with van der Waals surface area (Å²) >= 11 is 0. The maximum absolute atomic E-state index is 13.4. The zero-order valence-corrected chi connectivity index (χ0v) is 12.1. The van der Waals surface area contributed by atoms with Crippen LogP contribution in [0.1, 0.15) is 17.2 Å². The lowest BCUT2D eigenvalue weighted by atomic mass is 10.1. The van der Waals surface area contributed by atoms with E-state index in [1.165, 1.54) is 11.6 Å². The van der Waals surface area contributed by atoms with Gasteiger partial charge in [0.05, 0.1) is 7.11 Å². The summed E-state index contributed by atoms with van der Waals surface area (Å²) in [6, 6.07) is 12.7. The second-order valence-corrected chi connectivity index (χ2v) is 5.35. The molecular formula is C17H19FN2O. The van der Waals surface area contributed by atoms with Crippen molar-refractivity contribution in [1.29, 1.82) is 0 Å². The highest BCUT2D eigenvalue weighted by molar-refractivity contribution is 5.58. The Bertz CT molecular complexity index is 627. The number of benzene rings is 2. The SMILES string of the molecule is COc1ccc(C(N)CN2CCc3ccc(F)cc32)cc1. The van der Waals surface area contributed by atoms with Crippen LogP contribution in [0.2, 0.25) is 0 Å². The van der Waals surface area contributed by atoms with Gasteiger partial charge in [-0.15, -0.1) is 0 Å². The lowest BCUT2D eigenvalue weighted by molar-refractivity contribution is 0.414. The number of hydrogen-bond donors (Lipinski definition) is 1. The van der Waals surface area contributed by atoms with Crippen molar-refractivity contribution >= 4 is 5.69 Å². The molecule has 2 N–H and O–H groups in total. The number of rotatable bonds is 4. The fourth-order valence-corrected chi connectivity index (χ4v) is 2.80. The summed E-state index contributed by atoms with van der Waals surface area (Å²) in [6.45, 7) is 1.57. The van der Waals surface area contributed by atoms with E-state index in [2.05, 4.69) is 4.90 Å². The molecule has 21 heavy (non-hydrogen) atoms. The Morgan fingerprint density at radius 1 is 1.24 bits per heavy atom. The Morgan fingerprint density at radius 3 is 2.71 bits per heavy atom. The predicted molar refractivity (Wildman–Crippen MR) is 82.2 cm³/mol. The molecule has 2 aromatic rings. The molecule has 0 amide bonds.